The number of nitrogen functional groups attached to an aromatic ring is 1. The number of anilines is 1. The number of fused-ring (bicyclic) bond motifs is 3. The Hall–Kier alpha value is -6.01. The average Bonchev–Trinajstić information content (AvgIpc) is 3.72. The van der Waals surface area contributed by atoms with Gasteiger partial charge >= 0.3 is 12.1 Å². The van der Waals surface area contributed by atoms with Crippen molar-refractivity contribution in [3.05, 3.63) is 138 Å². The first-order chi connectivity index (χ1) is 23.5. The number of nitrogens with one attached hydrogen (secondary N) is 2. The first-order valence-electron chi connectivity index (χ1n) is 15.0. The van der Waals surface area contributed by atoms with Gasteiger partial charge in [0.15, 0.2) is 0 Å². The van der Waals surface area contributed by atoms with Gasteiger partial charge in [0.2, 0.25) is 5.91 Å². The molecule has 0 fully saturated rings. The number of para-hydroxylation sites is 2. The SMILES string of the molecule is N=C(N)c1ccc2scc(C(Cc3cccc4ccccc34)C(=O)Nc3ccc(-n4cnc5ccccc54)cc3)c2c1.O=C(O)C(F)(F)F. The number of hydrogen-bond donors (Lipinski definition) is 4. The zero-order valence-corrected chi connectivity index (χ0v) is 26.4. The number of nitrogens with two attached hydrogens (primary N) is 1. The number of aliphatic carboxylic acids is 1. The first-order valence-corrected chi connectivity index (χ1v) is 15.8. The smallest absolute Gasteiger partial charge is 0.475 e. The van der Waals surface area contributed by atoms with Gasteiger partial charge in [0.1, 0.15) is 12.2 Å². The predicted molar refractivity (Wildman–Crippen MR) is 187 cm³/mol. The van der Waals surface area contributed by atoms with E-state index in [1.165, 1.54) is 0 Å². The van der Waals surface area contributed by atoms with Crippen molar-refractivity contribution in [3.63, 3.8) is 0 Å². The molecule has 0 aliphatic heterocycles. The van der Waals surface area contributed by atoms with Gasteiger partial charge in [-0.3, -0.25) is 14.8 Å². The summed E-state index contributed by atoms with van der Waals surface area (Å²) in [7, 11) is 0. The van der Waals surface area contributed by atoms with Crippen molar-refractivity contribution in [2.75, 3.05) is 5.32 Å². The predicted octanol–water partition coefficient (Wildman–Crippen LogP) is 8.28. The second-order valence-electron chi connectivity index (χ2n) is 11.2. The molecular formula is C37H28F3N5O3S. The van der Waals surface area contributed by atoms with E-state index in [-0.39, 0.29) is 11.7 Å². The number of hydrogen-bond acceptors (Lipinski definition) is 5. The summed E-state index contributed by atoms with van der Waals surface area (Å²) in [5.41, 5.74) is 12.2. The highest BCUT2D eigenvalue weighted by molar-refractivity contribution is 7.17. The summed E-state index contributed by atoms with van der Waals surface area (Å²) >= 11 is 1.60. The van der Waals surface area contributed by atoms with Crippen LogP contribution in [0.15, 0.2) is 121 Å². The van der Waals surface area contributed by atoms with Crippen LogP contribution in [0.25, 0.3) is 37.6 Å². The second-order valence-corrected chi connectivity index (χ2v) is 12.1. The third-order valence-corrected chi connectivity index (χ3v) is 9.00. The molecule has 0 aliphatic rings. The van der Waals surface area contributed by atoms with Crippen LogP contribution in [0.3, 0.4) is 0 Å². The van der Waals surface area contributed by atoms with Gasteiger partial charge in [0.05, 0.1) is 17.0 Å². The van der Waals surface area contributed by atoms with Crippen LogP contribution in [-0.4, -0.2) is 38.5 Å². The molecule has 5 aromatic carbocycles. The number of benzene rings is 5. The normalized spacial score (nSPS) is 12.0. The van der Waals surface area contributed by atoms with E-state index >= 15 is 0 Å². The summed E-state index contributed by atoms with van der Waals surface area (Å²) < 4.78 is 34.8. The number of carboxylic acid groups (broad SMARTS) is 1. The molecule has 49 heavy (non-hydrogen) atoms. The summed E-state index contributed by atoms with van der Waals surface area (Å²) in [6.07, 6.45) is -2.74. The Labute approximate surface area is 281 Å². The Morgan fingerprint density at radius 1 is 0.918 bits per heavy atom. The molecule has 1 amide bonds. The number of amides is 1. The fourth-order valence-corrected chi connectivity index (χ4v) is 6.62. The number of imidazole rings is 1. The van der Waals surface area contributed by atoms with Gasteiger partial charge in [0.25, 0.3) is 0 Å². The molecule has 1 atom stereocenters. The van der Waals surface area contributed by atoms with Crippen molar-refractivity contribution in [1.82, 2.24) is 9.55 Å². The maximum atomic E-state index is 14.1. The number of aromatic nitrogens is 2. The summed E-state index contributed by atoms with van der Waals surface area (Å²) in [5.74, 6) is -3.29. The van der Waals surface area contributed by atoms with Gasteiger partial charge in [0, 0.05) is 21.6 Å². The Kier molecular flexibility index (Phi) is 9.14. The summed E-state index contributed by atoms with van der Waals surface area (Å²) in [6.45, 7) is 0. The number of rotatable bonds is 7. The molecule has 246 valence electrons. The van der Waals surface area contributed by atoms with Crippen LogP contribution in [0.1, 0.15) is 22.6 Å². The highest BCUT2D eigenvalue weighted by Gasteiger charge is 2.38. The molecule has 2 aromatic heterocycles. The molecule has 8 nitrogen and oxygen atoms in total. The Morgan fingerprint density at radius 3 is 2.35 bits per heavy atom. The van der Waals surface area contributed by atoms with Crippen molar-refractivity contribution in [2.45, 2.75) is 18.5 Å². The van der Waals surface area contributed by atoms with Crippen LogP contribution < -0.4 is 11.1 Å². The molecule has 0 spiro atoms. The molecule has 0 saturated heterocycles. The number of carboxylic acids is 1. The quantitative estimate of drug-likeness (QED) is 0.0994. The number of nitrogens with zero attached hydrogens (tertiary/aromatic N) is 2. The van der Waals surface area contributed by atoms with E-state index in [1.807, 2.05) is 95.8 Å². The van der Waals surface area contributed by atoms with Crippen molar-refractivity contribution >= 4 is 66.6 Å². The van der Waals surface area contributed by atoms with Crippen LogP contribution >= 0.6 is 11.3 Å². The third-order valence-electron chi connectivity index (χ3n) is 8.02. The topological polar surface area (TPSA) is 134 Å². The van der Waals surface area contributed by atoms with E-state index in [9.17, 15) is 18.0 Å². The van der Waals surface area contributed by atoms with E-state index < -0.39 is 18.1 Å². The maximum absolute atomic E-state index is 14.1. The minimum absolute atomic E-state index is 0.00913. The second kappa shape index (κ2) is 13.6. The maximum Gasteiger partial charge on any atom is 0.490 e. The van der Waals surface area contributed by atoms with Gasteiger partial charge in [-0.2, -0.15) is 13.2 Å². The monoisotopic (exact) mass is 679 g/mol. The van der Waals surface area contributed by atoms with Gasteiger partial charge in [-0.25, -0.2) is 9.78 Å². The molecule has 7 rings (SSSR count). The van der Waals surface area contributed by atoms with Crippen LogP contribution in [-0.2, 0) is 16.0 Å². The number of thiophene rings is 1. The Bertz CT molecular complexity index is 2330. The fourth-order valence-electron chi connectivity index (χ4n) is 5.62. The van der Waals surface area contributed by atoms with Gasteiger partial charge < -0.3 is 16.2 Å². The third kappa shape index (κ3) is 7.14. The molecule has 7 aromatic rings. The Morgan fingerprint density at radius 2 is 1.61 bits per heavy atom. The summed E-state index contributed by atoms with van der Waals surface area (Å²) in [4.78, 5) is 27.5. The molecule has 0 aliphatic carbocycles. The summed E-state index contributed by atoms with van der Waals surface area (Å²) in [6, 6.07) is 36.1. The molecule has 0 bridgehead atoms. The van der Waals surface area contributed by atoms with Gasteiger partial charge in [-0.05, 0) is 93.7 Å². The molecule has 1 unspecified atom stereocenters. The van der Waals surface area contributed by atoms with Crippen LogP contribution in [0.2, 0.25) is 0 Å². The lowest BCUT2D eigenvalue weighted by Crippen LogP contribution is -2.23. The molecular weight excluding hydrogens is 652 g/mol. The van der Waals surface area contributed by atoms with Crippen LogP contribution in [0.4, 0.5) is 18.9 Å². The molecule has 0 radical (unpaired) electrons. The highest BCUT2D eigenvalue weighted by atomic mass is 32.1. The first kappa shape index (κ1) is 32.9. The lowest BCUT2D eigenvalue weighted by Gasteiger charge is -2.19. The number of alkyl halides is 3. The number of carbonyl (C=O) groups is 2. The Balaban J connectivity index is 0.000000540. The van der Waals surface area contributed by atoms with Crippen molar-refractivity contribution in [3.8, 4) is 5.69 Å². The van der Waals surface area contributed by atoms with Gasteiger partial charge in [-0.15, -0.1) is 11.3 Å². The van der Waals surface area contributed by atoms with Crippen LogP contribution in [0, 0.1) is 5.41 Å². The van der Waals surface area contributed by atoms with Gasteiger partial charge in [-0.1, -0.05) is 54.6 Å². The minimum Gasteiger partial charge on any atom is -0.475 e. The lowest BCUT2D eigenvalue weighted by atomic mass is 9.88. The molecule has 2 heterocycles. The zero-order valence-electron chi connectivity index (χ0n) is 25.6. The number of amidine groups is 1. The lowest BCUT2D eigenvalue weighted by molar-refractivity contribution is -0.192. The highest BCUT2D eigenvalue weighted by Crippen LogP contribution is 2.36. The molecule has 0 saturated carbocycles. The van der Waals surface area contributed by atoms with E-state index in [2.05, 4.69) is 39.9 Å². The number of halogens is 3. The minimum atomic E-state index is -5.08. The standard InChI is InChI=1S/C35H27N5OS.C2HF3O2/c36-34(37)24-12-17-33-28(19-24)30(20-42-33)29(18-23-8-5-7-22-6-1-2-9-27(22)23)35(41)39-25-13-15-26(16-14-25)40-21-38-31-10-3-4-11-32(31)40;3-2(4,5)1(6)7/h1-17,19-21,29H,18H2,(H3,36,37)(H,39,41);(H,6,7). The van der Waals surface area contributed by atoms with E-state index in [4.69, 9.17) is 21.0 Å². The summed E-state index contributed by atoms with van der Waals surface area (Å²) in [5, 5.41) is 23.6. The number of carbonyl (C=O) groups excluding carboxylic acids is 1. The largest absolute Gasteiger partial charge is 0.490 e. The molecule has 12 heteroatoms. The average molecular weight is 680 g/mol. The van der Waals surface area contributed by atoms with Crippen molar-refractivity contribution < 1.29 is 27.9 Å². The molecule has 5 N–H and O–H groups in total. The zero-order chi connectivity index (χ0) is 34.7. The van der Waals surface area contributed by atoms with E-state index in [1.54, 1.807) is 11.3 Å². The van der Waals surface area contributed by atoms with Crippen molar-refractivity contribution in [2.24, 2.45) is 5.73 Å². The van der Waals surface area contributed by atoms with E-state index in [0.29, 0.717) is 12.0 Å². The van der Waals surface area contributed by atoms with Crippen molar-refractivity contribution in [1.29, 1.82) is 5.41 Å². The van der Waals surface area contributed by atoms with E-state index in [0.717, 1.165) is 54.4 Å². The van der Waals surface area contributed by atoms with Crippen LogP contribution in [0.5, 0.6) is 0 Å². The fraction of sp³-hybridized carbons (Fsp3) is 0.0811.